The van der Waals surface area contributed by atoms with Crippen LogP contribution in [0, 0.1) is 0 Å². The molecule has 0 aliphatic heterocycles. The van der Waals surface area contributed by atoms with Gasteiger partial charge in [-0.1, -0.05) is 6.07 Å². The van der Waals surface area contributed by atoms with Gasteiger partial charge in [0.15, 0.2) is 0 Å². The molecule has 0 saturated carbocycles. The molecule has 18 heavy (non-hydrogen) atoms. The van der Waals surface area contributed by atoms with Crippen LogP contribution in [0.2, 0.25) is 0 Å². The summed E-state index contributed by atoms with van der Waals surface area (Å²) in [5.41, 5.74) is 6.87. The molecule has 0 atom stereocenters. The zero-order chi connectivity index (χ0) is 13.1. The first kappa shape index (κ1) is 11.9. The van der Waals surface area contributed by atoms with Gasteiger partial charge in [-0.05, 0) is 24.3 Å². The minimum absolute atomic E-state index is 0.227. The zero-order valence-electron chi connectivity index (χ0n) is 9.88. The summed E-state index contributed by atoms with van der Waals surface area (Å²) >= 11 is 0. The van der Waals surface area contributed by atoms with E-state index in [0.717, 1.165) is 0 Å². The van der Waals surface area contributed by atoms with E-state index in [0.29, 0.717) is 16.9 Å². The zero-order valence-corrected chi connectivity index (χ0v) is 9.88. The number of nitrogens with one attached hydrogen (secondary N) is 1. The molecule has 0 unspecified atom stereocenters. The first-order chi connectivity index (χ1) is 8.56. The topological polar surface area (TPSA) is 77.1 Å². The molecule has 0 spiro atoms. The Morgan fingerprint density at radius 3 is 2.72 bits per heavy atom. The molecule has 0 aliphatic carbocycles. The van der Waals surface area contributed by atoms with Crippen molar-refractivity contribution in [3.8, 4) is 0 Å². The van der Waals surface area contributed by atoms with Crippen molar-refractivity contribution in [3.63, 3.8) is 0 Å². The Bertz CT molecular complexity index is 647. The summed E-state index contributed by atoms with van der Waals surface area (Å²) in [5.74, 6) is -0.335. The van der Waals surface area contributed by atoms with Crippen LogP contribution in [-0.2, 0) is 7.05 Å². The third kappa shape index (κ3) is 2.57. The number of amides is 1. The van der Waals surface area contributed by atoms with Gasteiger partial charge in [-0.25, -0.2) is 0 Å². The molecule has 1 heterocycles. The minimum atomic E-state index is -0.335. The summed E-state index contributed by atoms with van der Waals surface area (Å²) in [6, 6.07) is 9.74. The van der Waals surface area contributed by atoms with Crippen LogP contribution >= 0.6 is 0 Å². The number of benzene rings is 1. The van der Waals surface area contributed by atoms with Crippen molar-refractivity contribution in [3.05, 3.63) is 58.5 Å². The van der Waals surface area contributed by atoms with Crippen molar-refractivity contribution in [2.24, 2.45) is 7.05 Å². The lowest BCUT2D eigenvalue weighted by Crippen LogP contribution is -2.19. The van der Waals surface area contributed by atoms with Gasteiger partial charge in [-0.2, -0.15) is 0 Å². The normalized spacial score (nSPS) is 10.1. The van der Waals surface area contributed by atoms with Crippen LogP contribution in [0.25, 0.3) is 0 Å². The molecule has 2 aromatic rings. The number of carbonyl (C=O) groups excluding carboxylic acids is 1. The maximum absolute atomic E-state index is 11.9. The van der Waals surface area contributed by atoms with E-state index >= 15 is 0 Å². The second kappa shape index (κ2) is 4.75. The van der Waals surface area contributed by atoms with Crippen molar-refractivity contribution >= 4 is 17.3 Å². The third-order valence-electron chi connectivity index (χ3n) is 2.51. The van der Waals surface area contributed by atoms with E-state index < -0.39 is 0 Å². The van der Waals surface area contributed by atoms with Crippen molar-refractivity contribution < 1.29 is 4.79 Å². The van der Waals surface area contributed by atoms with Gasteiger partial charge in [0, 0.05) is 36.2 Å². The van der Waals surface area contributed by atoms with Crippen molar-refractivity contribution in [1.29, 1.82) is 0 Å². The van der Waals surface area contributed by atoms with Crippen LogP contribution in [0.15, 0.2) is 47.4 Å². The highest BCUT2D eigenvalue weighted by molar-refractivity contribution is 6.04. The second-order valence-electron chi connectivity index (χ2n) is 3.94. The van der Waals surface area contributed by atoms with E-state index in [-0.39, 0.29) is 11.5 Å². The molecule has 2 rings (SSSR count). The first-order valence-electron chi connectivity index (χ1n) is 5.40. The van der Waals surface area contributed by atoms with Gasteiger partial charge in [-0.3, -0.25) is 9.59 Å². The Kier molecular flexibility index (Phi) is 3.14. The molecule has 5 heteroatoms. The van der Waals surface area contributed by atoms with E-state index in [4.69, 9.17) is 5.73 Å². The Morgan fingerprint density at radius 1 is 1.28 bits per heavy atom. The van der Waals surface area contributed by atoms with E-state index in [1.807, 2.05) is 0 Å². The van der Waals surface area contributed by atoms with E-state index in [9.17, 15) is 9.59 Å². The smallest absolute Gasteiger partial charge is 0.255 e. The Hall–Kier alpha value is -2.56. The SMILES string of the molecule is Cn1ccc(C(=O)Nc2cccc(N)c2)cc1=O. The summed E-state index contributed by atoms with van der Waals surface area (Å²) in [7, 11) is 1.63. The van der Waals surface area contributed by atoms with Crippen LogP contribution in [-0.4, -0.2) is 10.5 Å². The predicted molar refractivity (Wildman–Crippen MR) is 70.5 cm³/mol. The Labute approximate surface area is 104 Å². The average molecular weight is 243 g/mol. The van der Waals surface area contributed by atoms with Gasteiger partial charge in [0.2, 0.25) is 0 Å². The number of aromatic nitrogens is 1. The van der Waals surface area contributed by atoms with Crippen molar-refractivity contribution in [2.45, 2.75) is 0 Å². The summed E-state index contributed by atoms with van der Waals surface area (Å²) in [6.45, 7) is 0. The Morgan fingerprint density at radius 2 is 2.06 bits per heavy atom. The summed E-state index contributed by atoms with van der Waals surface area (Å²) in [4.78, 5) is 23.3. The standard InChI is InChI=1S/C13H13N3O2/c1-16-6-5-9(7-12(16)17)13(18)15-11-4-2-3-10(14)8-11/h2-8H,14H2,1H3,(H,15,18). The van der Waals surface area contributed by atoms with Gasteiger partial charge in [0.1, 0.15) is 0 Å². The van der Waals surface area contributed by atoms with Crippen LogP contribution in [0.3, 0.4) is 0 Å². The van der Waals surface area contributed by atoms with Crippen LogP contribution in [0.1, 0.15) is 10.4 Å². The number of hydrogen-bond donors (Lipinski definition) is 2. The number of nitrogens with two attached hydrogens (primary N) is 1. The van der Waals surface area contributed by atoms with Gasteiger partial charge >= 0.3 is 0 Å². The third-order valence-corrected chi connectivity index (χ3v) is 2.51. The van der Waals surface area contributed by atoms with Gasteiger partial charge in [-0.15, -0.1) is 0 Å². The lowest BCUT2D eigenvalue weighted by atomic mass is 10.2. The van der Waals surface area contributed by atoms with E-state index in [1.165, 1.54) is 10.6 Å². The molecular weight excluding hydrogens is 230 g/mol. The lowest BCUT2D eigenvalue weighted by Gasteiger charge is -2.06. The maximum Gasteiger partial charge on any atom is 0.255 e. The predicted octanol–water partition coefficient (Wildman–Crippen LogP) is 1.22. The first-order valence-corrected chi connectivity index (χ1v) is 5.40. The quantitative estimate of drug-likeness (QED) is 0.778. The van der Waals surface area contributed by atoms with Crippen LogP contribution < -0.4 is 16.6 Å². The fourth-order valence-electron chi connectivity index (χ4n) is 1.51. The van der Waals surface area contributed by atoms with Gasteiger partial charge in [0.25, 0.3) is 11.5 Å². The van der Waals surface area contributed by atoms with Gasteiger partial charge < -0.3 is 15.6 Å². The number of anilines is 2. The van der Waals surface area contributed by atoms with Gasteiger partial charge in [0.05, 0.1) is 0 Å². The summed E-state index contributed by atoms with van der Waals surface area (Å²) in [6.07, 6.45) is 1.55. The molecule has 0 fully saturated rings. The largest absolute Gasteiger partial charge is 0.399 e. The molecule has 1 aromatic heterocycles. The number of aryl methyl sites for hydroxylation is 1. The number of pyridine rings is 1. The number of nitrogens with zero attached hydrogens (tertiary/aromatic N) is 1. The highest BCUT2D eigenvalue weighted by Crippen LogP contribution is 2.12. The minimum Gasteiger partial charge on any atom is -0.399 e. The fourth-order valence-corrected chi connectivity index (χ4v) is 1.51. The number of carbonyl (C=O) groups is 1. The Balaban J connectivity index is 2.22. The highest BCUT2D eigenvalue weighted by Gasteiger charge is 2.07. The fraction of sp³-hybridized carbons (Fsp3) is 0.0769. The molecule has 0 radical (unpaired) electrons. The number of rotatable bonds is 2. The second-order valence-corrected chi connectivity index (χ2v) is 3.94. The summed E-state index contributed by atoms with van der Waals surface area (Å²) < 4.78 is 1.40. The molecule has 0 aliphatic rings. The maximum atomic E-state index is 11.9. The molecular formula is C13H13N3O2. The monoisotopic (exact) mass is 243 g/mol. The van der Waals surface area contributed by atoms with E-state index in [1.54, 1.807) is 43.6 Å². The average Bonchev–Trinajstić information content (AvgIpc) is 2.32. The molecule has 0 bridgehead atoms. The molecule has 3 N–H and O–H groups in total. The highest BCUT2D eigenvalue weighted by atomic mass is 16.2. The molecule has 92 valence electrons. The molecule has 1 amide bonds. The van der Waals surface area contributed by atoms with Crippen LogP contribution in [0.5, 0.6) is 0 Å². The number of nitrogen functional groups attached to an aromatic ring is 1. The van der Waals surface area contributed by atoms with Crippen molar-refractivity contribution in [2.75, 3.05) is 11.1 Å². The number of hydrogen-bond acceptors (Lipinski definition) is 3. The lowest BCUT2D eigenvalue weighted by molar-refractivity contribution is 0.102. The molecule has 1 aromatic carbocycles. The van der Waals surface area contributed by atoms with Crippen molar-refractivity contribution in [1.82, 2.24) is 4.57 Å². The van der Waals surface area contributed by atoms with E-state index in [2.05, 4.69) is 5.32 Å². The summed E-state index contributed by atoms with van der Waals surface area (Å²) in [5, 5.41) is 2.68. The molecule has 0 saturated heterocycles. The molecule has 5 nitrogen and oxygen atoms in total. The van der Waals surface area contributed by atoms with Crippen LogP contribution in [0.4, 0.5) is 11.4 Å².